The molecule has 1 saturated heterocycles. The quantitative estimate of drug-likeness (QED) is 0.824. The van der Waals surface area contributed by atoms with Crippen molar-refractivity contribution in [1.82, 2.24) is 10.2 Å². The lowest BCUT2D eigenvalue weighted by Crippen LogP contribution is -2.31. The van der Waals surface area contributed by atoms with Crippen LogP contribution in [0.25, 0.3) is 0 Å². The van der Waals surface area contributed by atoms with Gasteiger partial charge in [-0.25, -0.2) is 0 Å². The van der Waals surface area contributed by atoms with Gasteiger partial charge >= 0.3 is 0 Å². The van der Waals surface area contributed by atoms with E-state index >= 15 is 0 Å². The molecule has 1 aromatic rings. The van der Waals surface area contributed by atoms with Crippen LogP contribution >= 0.6 is 11.6 Å². The molecule has 0 atom stereocenters. The fraction of sp³-hybridized carbons (Fsp3) is 0.600. The molecular weight excluding hydrogens is 244 g/mol. The molecule has 0 unspecified atom stereocenters. The van der Waals surface area contributed by atoms with Crippen molar-refractivity contribution in [2.24, 2.45) is 5.92 Å². The van der Waals surface area contributed by atoms with Crippen LogP contribution < -0.4 is 5.32 Å². The summed E-state index contributed by atoms with van der Waals surface area (Å²) in [6.07, 6.45) is 4.01. The SMILES string of the molecule is CN1CCC(CCNCc2cccc(Cl)c2)CC1. The zero-order valence-corrected chi connectivity index (χ0v) is 11.9. The van der Waals surface area contributed by atoms with Crippen molar-refractivity contribution in [2.75, 3.05) is 26.7 Å². The van der Waals surface area contributed by atoms with Crippen LogP contribution in [0.15, 0.2) is 24.3 Å². The van der Waals surface area contributed by atoms with E-state index in [1.165, 1.54) is 37.9 Å². The molecule has 100 valence electrons. The van der Waals surface area contributed by atoms with Crippen LogP contribution in [0.1, 0.15) is 24.8 Å². The van der Waals surface area contributed by atoms with E-state index in [0.717, 1.165) is 24.0 Å². The average Bonchev–Trinajstić information content (AvgIpc) is 2.37. The van der Waals surface area contributed by atoms with E-state index in [9.17, 15) is 0 Å². The first kappa shape index (κ1) is 13.9. The van der Waals surface area contributed by atoms with E-state index in [-0.39, 0.29) is 0 Å². The normalized spacial score (nSPS) is 18.1. The number of nitrogens with zero attached hydrogens (tertiary/aromatic N) is 1. The van der Waals surface area contributed by atoms with Crippen LogP contribution in [-0.4, -0.2) is 31.6 Å². The molecule has 0 bridgehead atoms. The van der Waals surface area contributed by atoms with E-state index in [0.29, 0.717) is 0 Å². The van der Waals surface area contributed by atoms with Crippen molar-refractivity contribution < 1.29 is 0 Å². The minimum atomic E-state index is 0.824. The topological polar surface area (TPSA) is 15.3 Å². The van der Waals surface area contributed by atoms with Gasteiger partial charge in [0.2, 0.25) is 0 Å². The Morgan fingerprint density at radius 1 is 1.33 bits per heavy atom. The molecule has 1 fully saturated rings. The molecule has 1 N–H and O–H groups in total. The average molecular weight is 267 g/mol. The number of nitrogens with one attached hydrogen (secondary N) is 1. The van der Waals surface area contributed by atoms with Crippen LogP contribution in [0.3, 0.4) is 0 Å². The van der Waals surface area contributed by atoms with Gasteiger partial charge in [-0.15, -0.1) is 0 Å². The molecule has 1 aliphatic rings. The first-order valence-electron chi connectivity index (χ1n) is 6.88. The highest BCUT2D eigenvalue weighted by molar-refractivity contribution is 6.30. The Kier molecular flexibility index (Phi) is 5.48. The first-order valence-corrected chi connectivity index (χ1v) is 7.25. The molecule has 0 aliphatic carbocycles. The Labute approximate surface area is 115 Å². The summed E-state index contributed by atoms with van der Waals surface area (Å²) in [5.41, 5.74) is 1.27. The largest absolute Gasteiger partial charge is 0.313 e. The van der Waals surface area contributed by atoms with Gasteiger partial charge in [0.1, 0.15) is 0 Å². The highest BCUT2D eigenvalue weighted by atomic mass is 35.5. The molecule has 0 aromatic heterocycles. The van der Waals surface area contributed by atoms with Crippen molar-refractivity contribution in [1.29, 1.82) is 0 Å². The minimum Gasteiger partial charge on any atom is -0.313 e. The molecule has 1 heterocycles. The third-order valence-corrected chi connectivity index (χ3v) is 4.02. The van der Waals surface area contributed by atoms with Crippen molar-refractivity contribution in [3.63, 3.8) is 0 Å². The van der Waals surface area contributed by atoms with Gasteiger partial charge in [0.25, 0.3) is 0 Å². The van der Waals surface area contributed by atoms with E-state index in [1.54, 1.807) is 0 Å². The predicted octanol–water partition coefficient (Wildman–Crippen LogP) is 3.16. The van der Waals surface area contributed by atoms with Crippen LogP contribution in [0.2, 0.25) is 5.02 Å². The Morgan fingerprint density at radius 3 is 2.83 bits per heavy atom. The second-order valence-corrected chi connectivity index (χ2v) is 5.78. The molecule has 0 spiro atoms. The highest BCUT2D eigenvalue weighted by Gasteiger charge is 2.15. The highest BCUT2D eigenvalue weighted by Crippen LogP contribution is 2.18. The number of benzene rings is 1. The van der Waals surface area contributed by atoms with Gasteiger partial charge < -0.3 is 10.2 Å². The van der Waals surface area contributed by atoms with Crippen molar-refractivity contribution in [2.45, 2.75) is 25.8 Å². The van der Waals surface area contributed by atoms with E-state index in [4.69, 9.17) is 11.6 Å². The van der Waals surface area contributed by atoms with Gasteiger partial charge in [0.15, 0.2) is 0 Å². The van der Waals surface area contributed by atoms with Crippen molar-refractivity contribution in [3.05, 3.63) is 34.9 Å². The summed E-state index contributed by atoms with van der Waals surface area (Å²) in [4.78, 5) is 2.43. The predicted molar refractivity (Wildman–Crippen MR) is 78.0 cm³/mol. The van der Waals surface area contributed by atoms with Gasteiger partial charge in [-0.2, -0.15) is 0 Å². The maximum absolute atomic E-state index is 5.96. The Balaban J connectivity index is 1.61. The Hall–Kier alpha value is -0.570. The van der Waals surface area contributed by atoms with Gasteiger partial charge in [-0.1, -0.05) is 23.7 Å². The summed E-state index contributed by atoms with van der Waals surface area (Å²) in [6, 6.07) is 8.08. The third-order valence-electron chi connectivity index (χ3n) is 3.79. The maximum Gasteiger partial charge on any atom is 0.0409 e. The fourth-order valence-electron chi connectivity index (χ4n) is 2.54. The first-order chi connectivity index (χ1) is 8.74. The second kappa shape index (κ2) is 7.13. The molecule has 18 heavy (non-hydrogen) atoms. The molecular formula is C15H23ClN2. The molecule has 2 nitrogen and oxygen atoms in total. The summed E-state index contributed by atoms with van der Waals surface area (Å²) in [5, 5.41) is 4.34. The summed E-state index contributed by atoms with van der Waals surface area (Å²) in [7, 11) is 2.22. The lowest BCUT2D eigenvalue weighted by molar-refractivity contribution is 0.211. The van der Waals surface area contributed by atoms with Crippen LogP contribution in [0, 0.1) is 5.92 Å². The molecule has 3 heteroatoms. The number of piperidine rings is 1. The summed E-state index contributed by atoms with van der Waals surface area (Å²) >= 11 is 5.96. The maximum atomic E-state index is 5.96. The zero-order chi connectivity index (χ0) is 12.8. The standard InChI is InChI=1S/C15H23ClN2/c1-18-9-6-13(7-10-18)5-8-17-12-14-3-2-4-15(16)11-14/h2-4,11,13,17H,5-10,12H2,1H3. The second-order valence-electron chi connectivity index (χ2n) is 5.34. The molecule has 2 rings (SSSR count). The lowest BCUT2D eigenvalue weighted by atomic mass is 9.94. The smallest absolute Gasteiger partial charge is 0.0409 e. The zero-order valence-electron chi connectivity index (χ0n) is 11.2. The van der Waals surface area contributed by atoms with E-state index < -0.39 is 0 Å². The van der Waals surface area contributed by atoms with Gasteiger partial charge in [-0.05, 0) is 69.6 Å². The summed E-state index contributed by atoms with van der Waals surface area (Å²) < 4.78 is 0. The number of hydrogen-bond donors (Lipinski definition) is 1. The molecule has 0 saturated carbocycles. The molecule has 1 aromatic carbocycles. The van der Waals surface area contributed by atoms with Crippen LogP contribution in [0.5, 0.6) is 0 Å². The van der Waals surface area contributed by atoms with Gasteiger partial charge in [0, 0.05) is 11.6 Å². The Morgan fingerprint density at radius 2 is 2.11 bits per heavy atom. The number of hydrogen-bond acceptors (Lipinski definition) is 2. The number of likely N-dealkylation sites (tertiary alicyclic amines) is 1. The van der Waals surface area contributed by atoms with Gasteiger partial charge in [-0.3, -0.25) is 0 Å². The van der Waals surface area contributed by atoms with Crippen LogP contribution in [0.4, 0.5) is 0 Å². The minimum absolute atomic E-state index is 0.824. The van der Waals surface area contributed by atoms with E-state index in [1.807, 2.05) is 18.2 Å². The Bertz CT molecular complexity index is 359. The molecule has 1 aliphatic heterocycles. The van der Waals surface area contributed by atoms with Gasteiger partial charge in [0.05, 0.1) is 0 Å². The molecule has 0 radical (unpaired) electrons. The van der Waals surface area contributed by atoms with E-state index in [2.05, 4.69) is 23.3 Å². The number of halogens is 1. The fourth-order valence-corrected chi connectivity index (χ4v) is 2.75. The van der Waals surface area contributed by atoms with Crippen molar-refractivity contribution >= 4 is 11.6 Å². The van der Waals surface area contributed by atoms with Crippen molar-refractivity contribution in [3.8, 4) is 0 Å². The number of rotatable bonds is 5. The summed E-state index contributed by atoms with van der Waals surface area (Å²) in [5.74, 6) is 0.910. The molecule has 0 amide bonds. The monoisotopic (exact) mass is 266 g/mol. The van der Waals surface area contributed by atoms with Crippen LogP contribution in [-0.2, 0) is 6.54 Å². The third kappa shape index (κ3) is 4.60. The summed E-state index contributed by atoms with van der Waals surface area (Å²) in [6.45, 7) is 4.56. The lowest BCUT2D eigenvalue weighted by Gasteiger charge is -2.28.